The van der Waals surface area contributed by atoms with Crippen LogP contribution in [0.2, 0.25) is 0 Å². The average Bonchev–Trinajstić information content (AvgIpc) is 3.05. The molecule has 288 valence electrons. The monoisotopic (exact) mass is 710 g/mol. The summed E-state index contributed by atoms with van der Waals surface area (Å²) in [5.74, 6) is -5.15. The number of ketones is 2. The molecular formula is C38H66N2O10. The van der Waals surface area contributed by atoms with E-state index in [0.29, 0.717) is 25.8 Å². The molecule has 0 spiro atoms. The lowest BCUT2D eigenvalue weighted by Gasteiger charge is -2.16. The van der Waals surface area contributed by atoms with Crippen LogP contribution in [0.25, 0.3) is 0 Å². The van der Waals surface area contributed by atoms with Crippen LogP contribution in [-0.2, 0) is 33.6 Å². The summed E-state index contributed by atoms with van der Waals surface area (Å²) in [6.07, 6.45) is 17.9. The molecule has 5 N–H and O–H groups in total. The van der Waals surface area contributed by atoms with E-state index in [1.165, 1.54) is 38.5 Å². The molecule has 0 rings (SSSR count). The summed E-state index contributed by atoms with van der Waals surface area (Å²) in [6.45, 7) is 3.96. The van der Waals surface area contributed by atoms with Gasteiger partial charge in [0, 0.05) is 44.6 Å². The van der Waals surface area contributed by atoms with Crippen LogP contribution < -0.4 is 10.6 Å². The fourth-order valence-corrected chi connectivity index (χ4v) is 6.04. The van der Waals surface area contributed by atoms with Gasteiger partial charge in [0.2, 0.25) is 11.8 Å². The predicted octanol–water partition coefficient (Wildman–Crippen LogP) is 7.00. The van der Waals surface area contributed by atoms with E-state index >= 15 is 0 Å². The van der Waals surface area contributed by atoms with Crippen LogP contribution in [0.3, 0.4) is 0 Å². The van der Waals surface area contributed by atoms with Gasteiger partial charge in [-0.3, -0.25) is 28.8 Å². The molecule has 3 atom stereocenters. The Hall–Kier alpha value is -3.31. The van der Waals surface area contributed by atoms with Crippen LogP contribution in [0.15, 0.2) is 0 Å². The fourth-order valence-electron chi connectivity index (χ4n) is 6.04. The minimum atomic E-state index is -1.29. The molecule has 3 unspecified atom stereocenters. The van der Waals surface area contributed by atoms with Gasteiger partial charge in [-0.25, -0.2) is 4.79 Å². The number of nitrogens with one attached hydrogen (secondary N) is 2. The van der Waals surface area contributed by atoms with Crippen molar-refractivity contribution in [1.29, 1.82) is 0 Å². The molecule has 12 nitrogen and oxygen atoms in total. The number of carbonyl (C=O) groups is 7. The smallest absolute Gasteiger partial charge is 0.326 e. The molecule has 0 aliphatic heterocycles. The van der Waals surface area contributed by atoms with Crippen molar-refractivity contribution >= 4 is 41.3 Å². The lowest BCUT2D eigenvalue weighted by molar-refractivity contribution is -0.145. The number of hydrogen-bond acceptors (Lipinski definition) is 7. The molecule has 2 amide bonds. The van der Waals surface area contributed by atoms with Gasteiger partial charge in [-0.15, -0.1) is 0 Å². The zero-order valence-electron chi connectivity index (χ0n) is 30.8. The second-order valence-corrected chi connectivity index (χ2v) is 13.7. The van der Waals surface area contributed by atoms with Crippen LogP contribution in [-0.4, -0.2) is 69.2 Å². The fraction of sp³-hybridized carbons (Fsp3) is 0.816. The van der Waals surface area contributed by atoms with Crippen LogP contribution in [0.5, 0.6) is 0 Å². The second kappa shape index (κ2) is 30.5. The van der Waals surface area contributed by atoms with Crippen molar-refractivity contribution in [3.05, 3.63) is 0 Å². The zero-order chi connectivity index (χ0) is 37.6. The lowest BCUT2D eigenvalue weighted by Crippen LogP contribution is -2.41. The van der Waals surface area contributed by atoms with E-state index in [1.54, 1.807) is 6.92 Å². The number of aliphatic carboxylic acids is 3. The minimum Gasteiger partial charge on any atom is -0.481 e. The molecule has 0 aliphatic carbocycles. The highest BCUT2D eigenvalue weighted by molar-refractivity contribution is 5.86. The Morgan fingerprint density at radius 2 is 1.02 bits per heavy atom. The molecule has 0 aromatic carbocycles. The predicted molar refractivity (Wildman–Crippen MR) is 192 cm³/mol. The van der Waals surface area contributed by atoms with E-state index in [-0.39, 0.29) is 61.9 Å². The lowest BCUT2D eigenvalue weighted by atomic mass is 9.94. The number of carboxylic acids is 3. The molecule has 0 saturated heterocycles. The van der Waals surface area contributed by atoms with Crippen molar-refractivity contribution in [2.45, 2.75) is 180 Å². The van der Waals surface area contributed by atoms with E-state index in [2.05, 4.69) is 10.6 Å². The number of unbranched alkanes of at least 4 members (excludes halogenated alkanes) is 14. The number of hydrogen-bond donors (Lipinski definition) is 5. The minimum absolute atomic E-state index is 0.0294. The molecule has 0 bridgehead atoms. The van der Waals surface area contributed by atoms with Crippen LogP contribution in [0.4, 0.5) is 0 Å². The summed E-state index contributed by atoms with van der Waals surface area (Å²) in [5.41, 5.74) is 0. The van der Waals surface area contributed by atoms with Crippen molar-refractivity contribution in [3.63, 3.8) is 0 Å². The average molecular weight is 711 g/mol. The van der Waals surface area contributed by atoms with Crippen molar-refractivity contribution < 1.29 is 48.9 Å². The van der Waals surface area contributed by atoms with E-state index in [1.807, 2.05) is 6.92 Å². The van der Waals surface area contributed by atoms with Crippen molar-refractivity contribution in [3.8, 4) is 0 Å². The Morgan fingerprint density at radius 1 is 0.520 bits per heavy atom. The molecule has 50 heavy (non-hydrogen) atoms. The first-order valence-corrected chi connectivity index (χ1v) is 19.1. The Labute approximate surface area is 299 Å². The summed E-state index contributed by atoms with van der Waals surface area (Å²) in [4.78, 5) is 82.5. The Kier molecular flexibility index (Phi) is 28.5. The third-order valence-electron chi connectivity index (χ3n) is 9.30. The summed E-state index contributed by atoms with van der Waals surface area (Å²) in [5, 5.41) is 32.8. The molecular weight excluding hydrogens is 644 g/mol. The van der Waals surface area contributed by atoms with Crippen molar-refractivity contribution in [2.24, 2.45) is 11.8 Å². The number of amides is 2. The van der Waals surface area contributed by atoms with E-state index in [9.17, 15) is 43.8 Å². The third kappa shape index (κ3) is 27.5. The maximum absolute atomic E-state index is 12.4. The van der Waals surface area contributed by atoms with E-state index in [0.717, 1.165) is 64.2 Å². The molecule has 0 fully saturated rings. The van der Waals surface area contributed by atoms with Crippen molar-refractivity contribution in [1.82, 2.24) is 10.6 Å². The van der Waals surface area contributed by atoms with Gasteiger partial charge in [0.25, 0.3) is 0 Å². The van der Waals surface area contributed by atoms with Gasteiger partial charge >= 0.3 is 17.9 Å². The quantitative estimate of drug-likeness (QED) is 0.0426. The van der Waals surface area contributed by atoms with Gasteiger partial charge in [0.05, 0.1) is 5.92 Å². The van der Waals surface area contributed by atoms with Gasteiger partial charge in [-0.2, -0.15) is 0 Å². The van der Waals surface area contributed by atoms with Gasteiger partial charge in [0.15, 0.2) is 0 Å². The number of rotatable bonds is 35. The second-order valence-electron chi connectivity index (χ2n) is 13.7. The Balaban J connectivity index is 4.10. The first kappa shape index (κ1) is 46.7. The van der Waals surface area contributed by atoms with Gasteiger partial charge in [0.1, 0.15) is 17.6 Å². The van der Waals surface area contributed by atoms with Crippen LogP contribution in [0, 0.1) is 11.8 Å². The number of carbonyl (C=O) groups excluding carboxylic acids is 4. The molecule has 12 heteroatoms. The summed E-state index contributed by atoms with van der Waals surface area (Å²) in [7, 11) is 0. The van der Waals surface area contributed by atoms with Gasteiger partial charge < -0.3 is 26.0 Å². The number of carboxylic acid groups (broad SMARTS) is 3. The van der Waals surface area contributed by atoms with E-state index < -0.39 is 35.8 Å². The molecule has 0 saturated carbocycles. The normalized spacial score (nSPS) is 12.8. The molecule has 0 aromatic rings. The molecule has 0 aromatic heterocycles. The zero-order valence-corrected chi connectivity index (χ0v) is 30.8. The first-order valence-electron chi connectivity index (χ1n) is 19.1. The first-order chi connectivity index (χ1) is 23.9. The molecule has 0 aliphatic rings. The molecule has 0 radical (unpaired) electrons. The van der Waals surface area contributed by atoms with Crippen molar-refractivity contribution in [2.75, 3.05) is 6.54 Å². The van der Waals surface area contributed by atoms with Gasteiger partial charge in [-0.1, -0.05) is 90.4 Å². The summed E-state index contributed by atoms with van der Waals surface area (Å²) >= 11 is 0. The highest BCUT2D eigenvalue weighted by atomic mass is 16.4. The van der Waals surface area contributed by atoms with E-state index in [4.69, 9.17) is 5.11 Å². The summed E-state index contributed by atoms with van der Waals surface area (Å²) < 4.78 is 0. The SMILES string of the molecule is CCC(CCCCNC(=O)CCC(NC(=O)CCC(CC(=O)CCCCCCCCCCCCCCCCC(=O)O)C(=O)O)C(=O)O)C(C)=O. The van der Waals surface area contributed by atoms with Gasteiger partial charge in [-0.05, 0) is 51.9 Å². The van der Waals surface area contributed by atoms with Crippen LogP contribution >= 0.6 is 0 Å². The largest absolute Gasteiger partial charge is 0.481 e. The third-order valence-corrected chi connectivity index (χ3v) is 9.30. The maximum atomic E-state index is 12.4. The summed E-state index contributed by atoms with van der Waals surface area (Å²) in [6, 6.07) is -1.29. The van der Waals surface area contributed by atoms with Crippen LogP contribution in [0.1, 0.15) is 174 Å². The molecule has 0 heterocycles. The number of Topliss-reactive ketones (excluding diaryl/α,β-unsaturated/α-hetero) is 2. The Bertz CT molecular complexity index is 1020. The topological polar surface area (TPSA) is 204 Å². The highest BCUT2D eigenvalue weighted by Gasteiger charge is 2.25. The Morgan fingerprint density at radius 3 is 1.48 bits per heavy atom. The maximum Gasteiger partial charge on any atom is 0.326 e. The standard InChI is InChI=1S/C38H66N2O10/c1-3-30(29(2)41)20-18-19-27-39-34(43)26-24-33(38(49)50)40-35(44)25-23-31(37(47)48)28-32(42)21-16-14-12-10-8-6-4-5-7-9-11-13-15-17-22-36(45)46/h30-31,33H,3-28H2,1-2H3,(H,39,43)(H,40,44)(H,45,46)(H,47,48)(H,49,50). The highest BCUT2D eigenvalue weighted by Crippen LogP contribution is 2.17.